The minimum Gasteiger partial charge on any atom is -0.321 e. The maximum atomic E-state index is 13.7. The van der Waals surface area contributed by atoms with E-state index in [2.05, 4.69) is 15.6 Å². The predicted octanol–water partition coefficient (Wildman–Crippen LogP) is 3.88. The van der Waals surface area contributed by atoms with Crippen LogP contribution in [0.4, 0.5) is 24.5 Å². The summed E-state index contributed by atoms with van der Waals surface area (Å²) < 4.78 is 40.0. The molecular formula is C20H11F3N4O2. The zero-order valence-corrected chi connectivity index (χ0v) is 14.5. The first kappa shape index (κ1) is 19.6. The molecule has 29 heavy (non-hydrogen) atoms. The smallest absolute Gasteiger partial charge is 0.274 e. The Labute approximate surface area is 162 Å². The molecule has 0 saturated carbocycles. The van der Waals surface area contributed by atoms with Gasteiger partial charge in [-0.2, -0.15) is 5.26 Å². The standard InChI is InChI=1S/C20H11F3N4O2/c21-13-5-6-15(18(23)17(13)22)27-20(29)16-9-11(7-8-25-16)19(28)26-14-4-2-1-3-12(14)10-24/h1-9H,(H,26,28)(H,27,29). The fourth-order valence-electron chi connectivity index (χ4n) is 2.39. The first-order valence-electron chi connectivity index (χ1n) is 8.12. The maximum Gasteiger partial charge on any atom is 0.274 e. The molecule has 0 radical (unpaired) electrons. The van der Waals surface area contributed by atoms with E-state index in [0.29, 0.717) is 6.07 Å². The number of aromatic nitrogens is 1. The minimum atomic E-state index is -1.72. The van der Waals surface area contributed by atoms with Crippen molar-refractivity contribution in [3.63, 3.8) is 0 Å². The first-order chi connectivity index (χ1) is 13.9. The Morgan fingerprint density at radius 1 is 0.897 bits per heavy atom. The van der Waals surface area contributed by atoms with Gasteiger partial charge in [0.05, 0.1) is 16.9 Å². The molecular weight excluding hydrogens is 385 g/mol. The largest absolute Gasteiger partial charge is 0.321 e. The second-order valence-corrected chi connectivity index (χ2v) is 5.72. The highest BCUT2D eigenvalue weighted by Gasteiger charge is 2.18. The number of nitriles is 1. The van der Waals surface area contributed by atoms with Crippen LogP contribution in [0.1, 0.15) is 26.4 Å². The molecule has 0 bridgehead atoms. The van der Waals surface area contributed by atoms with Gasteiger partial charge in [-0.3, -0.25) is 14.6 Å². The minimum absolute atomic E-state index is 0.0450. The summed E-state index contributed by atoms with van der Waals surface area (Å²) in [7, 11) is 0. The average molecular weight is 396 g/mol. The van der Waals surface area contributed by atoms with Gasteiger partial charge in [0.25, 0.3) is 11.8 Å². The van der Waals surface area contributed by atoms with E-state index in [0.717, 1.165) is 12.1 Å². The number of hydrogen-bond donors (Lipinski definition) is 2. The molecule has 0 unspecified atom stereocenters. The van der Waals surface area contributed by atoms with Crippen molar-refractivity contribution in [3.05, 3.63) is 89.0 Å². The summed E-state index contributed by atoms with van der Waals surface area (Å²) in [5.74, 6) is -6.21. The zero-order chi connectivity index (χ0) is 21.0. The van der Waals surface area contributed by atoms with E-state index in [1.165, 1.54) is 24.4 Å². The van der Waals surface area contributed by atoms with E-state index >= 15 is 0 Å². The van der Waals surface area contributed by atoms with E-state index in [4.69, 9.17) is 5.26 Å². The number of nitrogens with zero attached hydrogens (tertiary/aromatic N) is 2. The van der Waals surface area contributed by atoms with Crippen LogP contribution in [0.2, 0.25) is 0 Å². The predicted molar refractivity (Wildman–Crippen MR) is 97.6 cm³/mol. The average Bonchev–Trinajstić information content (AvgIpc) is 2.74. The van der Waals surface area contributed by atoms with Crippen LogP contribution in [-0.2, 0) is 0 Å². The molecule has 0 aliphatic heterocycles. The maximum absolute atomic E-state index is 13.7. The van der Waals surface area contributed by atoms with Gasteiger partial charge in [0.1, 0.15) is 11.8 Å². The highest BCUT2D eigenvalue weighted by atomic mass is 19.2. The number of rotatable bonds is 4. The normalized spacial score (nSPS) is 10.1. The van der Waals surface area contributed by atoms with Gasteiger partial charge in [-0.1, -0.05) is 12.1 Å². The van der Waals surface area contributed by atoms with Crippen molar-refractivity contribution < 1.29 is 22.8 Å². The van der Waals surface area contributed by atoms with Gasteiger partial charge in [-0.05, 0) is 36.4 Å². The molecule has 2 N–H and O–H groups in total. The molecule has 1 heterocycles. The van der Waals surface area contributed by atoms with Crippen LogP contribution in [-0.4, -0.2) is 16.8 Å². The number of carbonyl (C=O) groups is 2. The summed E-state index contributed by atoms with van der Waals surface area (Å²) in [6.07, 6.45) is 1.18. The summed E-state index contributed by atoms with van der Waals surface area (Å²) in [5.41, 5.74) is -0.249. The lowest BCUT2D eigenvalue weighted by molar-refractivity contribution is 0.102. The number of benzene rings is 2. The fraction of sp³-hybridized carbons (Fsp3) is 0. The zero-order valence-electron chi connectivity index (χ0n) is 14.5. The molecule has 0 saturated heterocycles. The lowest BCUT2D eigenvalue weighted by Crippen LogP contribution is -2.18. The van der Waals surface area contributed by atoms with Crippen LogP contribution in [0, 0.1) is 28.8 Å². The Bertz CT molecular complexity index is 1160. The molecule has 9 heteroatoms. The SMILES string of the molecule is N#Cc1ccccc1NC(=O)c1ccnc(C(=O)Nc2ccc(F)c(F)c2F)c1. The van der Waals surface area contributed by atoms with Crippen LogP contribution < -0.4 is 10.6 Å². The lowest BCUT2D eigenvalue weighted by atomic mass is 10.1. The van der Waals surface area contributed by atoms with Gasteiger partial charge in [-0.25, -0.2) is 13.2 Å². The highest BCUT2D eigenvalue weighted by molar-refractivity contribution is 6.08. The van der Waals surface area contributed by atoms with Gasteiger partial charge in [-0.15, -0.1) is 0 Å². The van der Waals surface area contributed by atoms with E-state index in [1.54, 1.807) is 12.1 Å². The topological polar surface area (TPSA) is 94.9 Å². The Morgan fingerprint density at radius 3 is 2.38 bits per heavy atom. The van der Waals surface area contributed by atoms with Crippen molar-refractivity contribution >= 4 is 23.2 Å². The Kier molecular flexibility index (Phi) is 5.55. The third kappa shape index (κ3) is 4.22. The molecule has 0 atom stereocenters. The van der Waals surface area contributed by atoms with Crippen LogP contribution in [0.5, 0.6) is 0 Å². The Balaban J connectivity index is 1.80. The molecule has 3 aromatic rings. The van der Waals surface area contributed by atoms with Gasteiger partial charge in [0.2, 0.25) is 0 Å². The van der Waals surface area contributed by atoms with Crippen molar-refractivity contribution in [3.8, 4) is 6.07 Å². The third-order valence-corrected chi connectivity index (χ3v) is 3.83. The van der Waals surface area contributed by atoms with E-state index in [-0.39, 0.29) is 22.5 Å². The van der Waals surface area contributed by atoms with Crippen LogP contribution in [0.3, 0.4) is 0 Å². The molecule has 3 rings (SSSR count). The molecule has 0 spiro atoms. The number of nitrogens with one attached hydrogen (secondary N) is 2. The van der Waals surface area contributed by atoms with Gasteiger partial charge in [0.15, 0.2) is 17.5 Å². The van der Waals surface area contributed by atoms with E-state index < -0.39 is 35.0 Å². The molecule has 2 aromatic carbocycles. The van der Waals surface area contributed by atoms with E-state index in [9.17, 15) is 22.8 Å². The molecule has 0 aliphatic carbocycles. The summed E-state index contributed by atoms with van der Waals surface area (Å²) >= 11 is 0. The van der Waals surface area contributed by atoms with Crippen molar-refractivity contribution in [2.75, 3.05) is 10.6 Å². The van der Waals surface area contributed by atoms with Crippen molar-refractivity contribution in [1.82, 2.24) is 4.98 Å². The second-order valence-electron chi connectivity index (χ2n) is 5.72. The third-order valence-electron chi connectivity index (χ3n) is 3.83. The van der Waals surface area contributed by atoms with Crippen molar-refractivity contribution in [2.24, 2.45) is 0 Å². The van der Waals surface area contributed by atoms with Crippen LogP contribution in [0.15, 0.2) is 54.7 Å². The van der Waals surface area contributed by atoms with Crippen LogP contribution in [0.25, 0.3) is 0 Å². The lowest BCUT2D eigenvalue weighted by Gasteiger charge is -2.09. The number of para-hydroxylation sites is 1. The summed E-state index contributed by atoms with van der Waals surface area (Å²) in [6.45, 7) is 0. The van der Waals surface area contributed by atoms with E-state index in [1.807, 2.05) is 6.07 Å². The van der Waals surface area contributed by atoms with Crippen molar-refractivity contribution in [2.45, 2.75) is 0 Å². The van der Waals surface area contributed by atoms with Gasteiger partial charge < -0.3 is 10.6 Å². The number of hydrogen-bond acceptors (Lipinski definition) is 4. The first-order valence-corrected chi connectivity index (χ1v) is 8.12. The number of halogens is 3. The Hall–Kier alpha value is -4.19. The summed E-state index contributed by atoms with van der Waals surface area (Å²) in [4.78, 5) is 28.5. The number of carbonyl (C=O) groups excluding carboxylic acids is 2. The molecule has 0 fully saturated rings. The fourth-order valence-corrected chi connectivity index (χ4v) is 2.39. The molecule has 144 valence electrons. The van der Waals surface area contributed by atoms with Gasteiger partial charge >= 0.3 is 0 Å². The Morgan fingerprint density at radius 2 is 1.62 bits per heavy atom. The van der Waals surface area contributed by atoms with Crippen LogP contribution >= 0.6 is 0 Å². The second kappa shape index (κ2) is 8.22. The number of anilines is 2. The molecule has 2 amide bonds. The van der Waals surface area contributed by atoms with Gasteiger partial charge in [0, 0.05) is 11.8 Å². The quantitative estimate of drug-likeness (QED) is 0.655. The summed E-state index contributed by atoms with van der Waals surface area (Å²) in [6, 6.07) is 12.3. The molecule has 0 aliphatic rings. The molecule has 1 aromatic heterocycles. The number of pyridine rings is 1. The highest BCUT2D eigenvalue weighted by Crippen LogP contribution is 2.20. The summed E-state index contributed by atoms with van der Waals surface area (Å²) in [5, 5.41) is 13.7. The monoisotopic (exact) mass is 396 g/mol. The number of amides is 2. The molecule has 6 nitrogen and oxygen atoms in total. The van der Waals surface area contributed by atoms with Crippen molar-refractivity contribution in [1.29, 1.82) is 5.26 Å².